The van der Waals surface area contributed by atoms with Gasteiger partial charge in [-0.05, 0) is 68.2 Å². The van der Waals surface area contributed by atoms with Gasteiger partial charge in [0.15, 0.2) is 0 Å². The maximum atomic E-state index is 14.1. The average molecular weight is 579 g/mol. The molecule has 0 bridgehead atoms. The number of methoxy groups -OCH3 is 1. The first-order chi connectivity index (χ1) is 18.1. The van der Waals surface area contributed by atoms with Gasteiger partial charge < -0.3 is 19.5 Å². The Morgan fingerprint density at radius 2 is 1.74 bits per heavy atom. The minimum absolute atomic E-state index is 0. The molecule has 0 aliphatic rings. The van der Waals surface area contributed by atoms with Crippen LogP contribution >= 0.6 is 24.0 Å². The van der Waals surface area contributed by atoms with Crippen molar-refractivity contribution >= 4 is 29.9 Å². The molecule has 6 nitrogen and oxygen atoms in total. The number of amides is 1. The summed E-state index contributed by atoms with van der Waals surface area (Å²) in [6.07, 6.45) is -2.32. The SMILES string of the molecule is COc1cc(C(=O)NCCN(C)C)ccc1-c1ccc(-c2ccc(Cl)cc2)n1-c1cnccc1C(F)(F)F.Cl. The molecule has 0 saturated heterocycles. The molecule has 0 aliphatic heterocycles. The third-order valence-corrected chi connectivity index (χ3v) is 6.20. The molecule has 1 N–H and O–H groups in total. The van der Waals surface area contributed by atoms with Gasteiger partial charge in [0.25, 0.3) is 5.91 Å². The predicted molar refractivity (Wildman–Crippen MR) is 149 cm³/mol. The number of pyridine rings is 1. The lowest BCUT2D eigenvalue weighted by Gasteiger charge is -2.20. The van der Waals surface area contributed by atoms with E-state index in [4.69, 9.17) is 16.3 Å². The van der Waals surface area contributed by atoms with Crippen molar-refractivity contribution in [2.24, 2.45) is 0 Å². The number of likely N-dealkylation sites (N-methyl/N-ethyl adjacent to an activating group) is 1. The van der Waals surface area contributed by atoms with Crippen molar-refractivity contribution in [3.8, 4) is 34.0 Å². The second kappa shape index (κ2) is 12.5. The second-order valence-electron chi connectivity index (χ2n) is 8.81. The fourth-order valence-electron chi connectivity index (χ4n) is 4.10. The Morgan fingerprint density at radius 3 is 2.38 bits per heavy atom. The summed E-state index contributed by atoms with van der Waals surface area (Å²) in [5, 5.41) is 3.35. The van der Waals surface area contributed by atoms with Gasteiger partial charge in [-0.3, -0.25) is 9.78 Å². The van der Waals surface area contributed by atoms with Gasteiger partial charge in [0.2, 0.25) is 0 Å². The smallest absolute Gasteiger partial charge is 0.418 e. The fraction of sp³-hybridized carbons (Fsp3) is 0.214. The first kappa shape index (κ1) is 30.0. The summed E-state index contributed by atoms with van der Waals surface area (Å²) in [6, 6.07) is 16.1. The van der Waals surface area contributed by atoms with Gasteiger partial charge >= 0.3 is 6.18 Å². The Hall–Kier alpha value is -3.53. The maximum Gasteiger partial charge on any atom is 0.418 e. The summed E-state index contributed by atoms with van der Waals surface area (Å²) in [5.41, 5.74) is 1.50. The van der Waals surface area contributed by atoms with E-state index in [9.17, 15) is 18.0 Å². The lowest BCUT2D eigenvalue weighted by molar-refractivity contribution is -0.137. The van der Waals surface area contributed by atoms with E-state index in [0.29, 0.717) is 51.9 Å². The lowest BCUT2D eigenvalue weighted by atomic mass is 10.1. The zero-order chi connectivity index (χ0) is 27.4. The van der Waals surface area contributed by atoms with Crippen LogP contribution < -0.4 is 10.1 Å². The molecule has 0 radical (unpaired) electrons. The van der Waals surface area contributed by atoms with Crippen molar-refractivity contribution in [2.45, 2.75) is 6.18 Å². The van der Waals surface area contributed by atoms with Crippen LogP contribution in [0.15, 0.2) is 73.1 Å². The monoisotopic (exact) mass is 578 g/mol. The van der Waals surface area contributed by atoms with E-state index >= 15 is 0 Å². The van der Waals surface area contributed by atoms with Crippen LogP contribution in [0.5, 0.6) is 5.75 Å². The predicted octanol–water partition coefficient (Wildman–Crippen LogP) is 6.60. The molecule has 0 fully saturated rings. The molecule has 1 amide bonds. The van der Waals surface area contributed by atoms with E-state index < -0.39 is 11.7 Å². The quantitative estimate of drug-likeness (QED) is 0.256. The molecule has 11 heteroatoms. The summed E-state index contributed by atoms with van der Waals surface area (Å²) in [6.45, 7) is 1.14. The minimum atomic E-state index is -4.62. The number of nitrogens with zero attached hydrogens (tertiary/aromatic N) is 3. The third-order valence-electron chi connectivity index (χ3n) is 5.95. The number of carbonyl (C=O) groups is 1. The highest BCUT2D eigenvalue weighted by molar-refractivity contribution is 6.30. The van der Waals surface area contributed by atoms with Gasteiger partial charge in [0.05, 0.1) is 35.9 Å². The number of benzene rings is 2. The molecule has 206 valence electrons. The normalized spacial score (nSPS) is 11.3. The molecule has 0 unspecified atom stereocenters. The lowest BCUT2D eigenvalue weighted by Crippen LogP contribution is -2.31. The molecule has 2 aromatic heterocycles. The average Bonchev–Trinajstić information content (AvgIpc) is 3.32. The summed E-state index contributed by atoms with van der Waals surface area (Å²) in [4.78, 5) is 18.6. The van der Waals surface area contributed by atoms with E-state index in [-0.39, 0.29) is 24.0 Å². The van der Waals surface area contributed by atoms with E-state index in [1.54, 1.807) is 54.6 Å². The van der Waals surface area contributed by atoms with Gasteiger partial charge in [0, 0.05) is 35.4 Å². The number of rotatable bonds is 8. The van der Waals surface area contributed by atoms with Crippen molar-refractivity contribution in [2.75, 3.05) is 34.3 Å². The largest absolute Gasteiger partial charge is 0.496 e. The topological polar surface area (TPSA) is 59.4 Å². The Labute approximate surface area is 235 Å². The number of ether oxygens (including phenoxy) is 1. The number of carbonyl (C=O) groups excluding carboxylic acids is 1. The van der Waals surface area contributed by atoms with Gasteiger partial charge in [-0.25, -0.2) is 0 Å². The zero-order valence-corrected chi connectivity index (χ0v) is 23.0. The number of hydrogen-bond donors (Lipinski definition) is 1. The fourth-order valence-corrected chi connectivity index (χ4v) is 4.22. The van der Waals surface area contributed by atoms with Gasteiger partial charge in [0.1, 0.15) is 5.75 Å². The van der Waals surface area contributed by atoms with Crippen molar-refractivity contribution in [3.05, 3.63) is 89.2 Å². The molecule has 0 saturated carbocycles. The van der Waals surface area contributed by atoms with E-state index in [2.05, 4.69) is 10.3 Å². The molecule has 0 aliphatic carbocycles. The van der Waals surface area contributed by atoms with Crippen LogP contribution in [0.2, 0.25) is 5.02 Å². The standard InChI is InChI=1S/C28H26ClF3N4O2.ClH/c1-35(2)15-14-34-27(37)19-6-9-21(26(16-19)38-3)24-11-10-23(18-4-7-20(29)8-5-18)36(24)25-17-33-13-12-22(25)28(30,31)32;/h4-13,16-17H,14-15H2,1-3H3,(H,34,37);1H. The minimum Gasteiger partial charge on any atom is -0.496 e. The van der Waals surface area contributed by atoms with Crippen LogP contribution in [0, 0.1) is 0 Å². The second-order valence-corrected chi connectivity index (χ2v) is 9.25. The van der Waals surface area contributed by atoms with Gasteiger partial charge in [-0.15, -0.1) is 12.4 Å². The number of hydrogen-bond acceptors (Lipinski definition) is 4. The maximum absolute atomic E-state index is 14.1. The summed E-state index contributed by atoms with van der Waals surface area (Å²) >= 11 is 6.05. The van der Waals surface area contributed by atoms with E-state index in [1.165, 1.54) is 17.9 Å². The van der Waals surface area contributed by atoms with Crippen molar-refractivity contribution in [1.29, 1.82) is 0 Å². The first-order valence-electron chi connectivity index (χ1n) is 11.7. The summed E-state index contributed by atoms with van der Waals surface area (Å²) < 4.78 is 49.3. The number of alkyl halides is 3. The van der Waals surface area contributed by atoms with Crippen LogP contribution in [0.1, 0.15) is 15.9 Å². The molecule has 2 heterocycles. The Bertz CT molecular complexity index is 1440. The molecule has 4 aromatic rings. The van der Waals surface area contributed by atoms with Crippen LogP contribution in [0.4, 0.5) is 13.2 Å². The van der Waals surface area contributed by atoms with Crippen LogP contribution in [0.25, 0.3) is 28.2 Å². The highest BCUT2D eigenvalue weighted by Gasteiger charge is 2.35. The van der Waals surface area contributed by atoms with Gasteiger partial charge in [-0.1, -0.05) is 23.7 Å². The molecular formula is C28H27Cl2F3N4O2. The van der Waals surface area contributed by atoms with Crippen molar-refractivity contribution in [3.63, 3.8) is 0 Å². The Kier molecular flexibility index (Phi) is 9.66. The Balaban J connectivity index is 0.00000420. The highest BCUT2D eigenvalue weighted by Crippen LogP contribution is 2.41. The van der Waals surface area contributed by atoms with Crippen molar-refractivity contribution in [1.82, 2.24) is 19.8 Å². The van der Waals surface area contributed by atoms with Crippen molar-refractivity contribution < 1.29 is 22.7 Å². The van der Waals surface area contributed by atoms with E-state index in [0.717, 1.165) is 12.3 Å². The van der Waals surface area contributed by atoms with Crippen LogP contribution in [-0.2, 0) is 6.18 Å². The molecule has 39 heavy (non-hydrogen) atoms. The molecule has 0 atom stereocenters. The molecule has 4 rings (SSSR count). The number of halogens is 5. The first-order valence-corrected chi connectivity index (χ1v) is 12.1. The number of aromatic nitrogens is 2. The zero-order valence-electron chi connectivity index (χ0n) is 21.4. The molecule has 2 aromatic carbocycles. The van der Waals surface area contributed by atoms with Crippen LogP contribution in [0.3, 0.4) is 0 Å². The summed E-state index contributed by atoms with van der Waals surface area (Å²) in [5.74, 6) is 0.0604. The van der Waals surface area contributed by atoms with E-state index in [1.807, 2.05) is 19.0 Å². The Morgan fingerprint density at radius 1 is 1.05 bits per heavy atom. The summed E-state index contributed by atoms with van der Waals surface area (Å²) in [7, 11) is 5.26. The third kappa shape index (κ3) is 6.73. The highest BCUT2D eigenvalue weighted by atomic mass is 35.5. The van der Waals surface area contributed by atoms with Gasteiger partial charge in [-0.2, -0.15) is 13.2 Å². The number of nitrogens with one attached hydrogen (secondary N) is 1. The molecule has 0 spiro atoms. The molecular weight excluding hydrogens is 552 g/mol. The van der Waals surface area contributed by atoms with Crippen LogP contribution in [-0.4, -0.2) is 54.7 Å².